The molecule has 0 amide bonds. The number of rotatable bonds is 3. The Kier molecular flexibility index (Phi) is 4.86. The van der Waals surface area contributed by atoms with Gasteiger partial charge in [-0.15, -0.1) is 0 Å². The summed E-state index contributed by atoms with van der Waals surface area (Å²) < 4.78 is 0. The molecule has 1 aromatic heterocycles. The molecule has 156 valence electrons. The van der Waals surface area contributed by atoms with Gasteiger partial charge in [-0.1, -0.05) is 91.0 Å². The summed E-state index contributed by atoms with van der Waals surface area (Å²) in [6.45, 7) is 0. The molecule has 0 aliphatic heterocycles. The number of nitrogens with zero attached hydrogens (tertiary/aromatic N) is 2. The molecule has 0 atom stereocenters. The van der Waals surface area contributed by atoms with Gasteiger partial charge in [0.15, 0.2) is 0 Å². The molecule has 0 radical (unpaired) electrons. The zero-order valence-corrected chi connectivity index (χ0v) is 18.5. The molecule has 0 aliphatic rings. The van der Waals surface area contributed by atoms with Crippen LogP contribution in [0.3, 0.4) is 0 Å². The Hall–Kier alpha value is -4.01. The second-order valence-corrected chi connectivity index (χ2v) is 8.39. The van der Waals surface area contributed by atoms with Gasteiger partial charge in [0.1, 0.15) is 0 Å². The summed E-state index contributed by atoms with van der Waals surface area (Å²) in [4.78, 5) is 9.27. The van der Waals surface area contributed by atoms with E-state index < -0.39 is 0 Å². The Morgan fingerprint density at radius 1 is 0.485 bits per heavy atom. The van der Waals surface area contributed by atoms with E-state index in [1.807, 2.05) is 24.3 Å². The third kappa shape index (κ3) is 3.65. The average molecular weight is 443 g/mol. The van der Waals surface area contributed by atoms with Crippen LogP contribution in [-0.2, 0) is 0 Å². The molecule has 33 heavy (non-hydrogen) atoms. The highest BCUT2D eigenvalue weighted by molar-refractivity contribution is 6.29. The normalized spacial score (nSPS) is 11.2. The lowest BCUT2D eigenvalue weighted by Gasteiger charge is -2.13. The van der Waals surface area contributed by atoms with Crippen molar-refractivity contribution in [1.82, 2.24) is 9.97 Å². The third-order valence-corrected chi connectivity index (χ3v) is 6.15. The SMILES string of the molecule is Clc1nc(-c2cc(-c3ccccc3)cc(-c3ccccc3)c2)c2c(ccc3ccccc32)n1. The van der Waals surface area contributed by atoms with E-state index in [2.05, 4.69) is 96.0 Å². The van der Waals surface area contributed by atoms with Crippen LogP contribution >= 0.6 is 11.6 Å². The minimum Gasteiger partial charge on any atom is -0.218 e. The summed E-state index contributed by atoms with van der Waals surface area (Å²) in [5, 5.41) is 3.54. The molecule has 0 spiro atoms. The minimum absolute atomic E-state index is 0.249. The monoisotopic (exact) mass is 442 g/mol. The van der Waals surface area contributed by atoms with E-state index in [1.54, 1.807) is 0 Å². The van der Waals surface area contributed by atoms with E-state index in [0.717, 1.165) is 55.2 Å². The smallest absolute Gasteiger partial charge is 0.218 e. The van der Waals surface area contributed by atoms with Crippen LogP contribution in [0.4, 0.5) is 0 Å². The maximum atomic E-state index is 6.42. The molecule has 6 rings (SSSR count). The van der Waals surface area contributed by atoms with Crippen molar-refractivity contribution in [3.05, 3.63) is 121 Å². The first-order valence-electron chi connectivity index (χ1n) is 10.9. The Balaban J connectivity index is 1.69. The highest BCUT2D eigenvalue weighted by Gasteiger charge is 2.15. The van der Waals surface area contributed by atoms with Gasteiger partial charge in [-0.25, -0.2) is 9.97 Å². The van der Waals surface area contributed by atoms with Gasteiger partial charge in [-0.05, 0) is 68.9 Å². The highest BCUT2D eigenvalue weighted by Crippen LogP contribution is 2.37. The molecule has 5 aromatic carbocycles. The Morgan fingerprint density at radius 3 is 1.73 bits per heavy atom. The van der Waals surface area contributed by atoms with Gasteiger partial charge in [-0.3, -0.25) is 0 Å². The number of fused-ring (bicyclic) bond motifs is 3. The van der Waals surface area contributed by atoms with Gasteiger partial charge >= 0.3 is 0 Å². The first-order chi connectivity index (χ1) is 16.3. The molecule has 0 unspecified atom stereocenters. The van der Waals surface area contributed by atoms with E-state index in [4.69, 9.17) is 16.6 Å². The lowest BCUT2D eigenvalue weighted by molar-refractivity contribution is 1.23. The fourth-order valence-electron chi connectivity index (χ4n) is 4.44. The van der Waals surface area contributed by atoms with Crippen LogP contribution in [0.25, 0.3) is 55.2 Å². The number of halogens is 1. The molecule has 0 saturated heterocycles. The molecule has 0 aliphatic carbocycles. The van der Waals surface area contributed by atoms with E-state index in [-0.39, 0.29) is 5.28 Å². The first kappa shape index (κ1) is 19.7. The third-order valence-electron chi connectivity index (χ3n) is 5.98. The van der Waals surface area contributed by atoms with Crippen molar-refractivity contribution in [3.8, 4) is 33.5 Å². The number of hydrogen-bond acceptors (Lipinski definition) is 2. The van der Waals surface area contributed by atoms with Crippen LogP contribution in [0.15, 0.2) is 115 Å². The summed E-state index contributed by atoms with van der Waals surface area (Å²) >= 11 is 6.42. The van der Waals surface area contributed by atoms with Gasteiger partial charge in [0.25, 0.3) is 0 Å². The Labute approximate surface area is 197 Å². The van der Waals surface area contributed by atoms with Crippen molar-refractivity contribution in [3.63, 3.8) is 0 Å². The van der Waals surface area contributed by atoms with Crippen molar-refractivity contribution >= 4 is 33.3 Å². The number of hydrogen-bond donors (Lipinski definition) is 0. The molecule has 6 aromatic rings. The van der Waals surface area contributed by atoms with Crippen molar-refractivity contribution in [2.75, 3.05) is 0 Å². The fraction of sp³-hybridized carbons (Fsp3) is 0. The van der Waals surface area contributed by atoms with E-state index >= 15 is 0 Å². The second-order valence-electron chi connectivity index (χ2n) is 8.05. The molecule has 2 nitrogen and oxygen atoms in total. The van der Waals surface area contributed by atoms with Gasteiger partial charge in [0.05, 0.1) is 11.2 Å². The van der Waals surface area contributed by atoms with Crippen LogP contribution in [0.2, 0.25) is 5.28 Å². The Morgan fingerprint density at radius 2 is 1.06 bits per heavy atom. The lowest BCUT2D eigenvalue weighted by atomic mass is 9.93. The molecule has 0 saturated carbocycles. The fourth-order valence-corrected chi connectivity index (χ4v) is 4.62. The van der Waals surface area contributed by atoms with E-state index in [1.165, 1.54) is 0 Å². The molecule has 3 heteroatoms. The van der Waals surface area contributed by atoms with Crippen LogP contribution in [0.1, 0.15) is 0 Å². The zero-order valence-electron chi connectivity index (χ0n) is 17.7. The van der Waals surface area contributed by atoms with Gasteiger partial charge in [0.2, 0.25) is 5.28 Å². The average Bonchev–Trinajstić information content (AvgIpc) is 2.88. The molecule has 0 N–H and O–H groups in total. The summed E-state index contributed by atoms with van der Waals surface area (Å²) in [7, 11) is 0. The van der Waals surface area contributed by atoms with Crippen molar-refractivity contribution < 1.29 is 0 Å². The first-order valence-corrected chi connectivity index (χ1v) is 11.3. The maximum absolute atomic E-state index is 6.42. The second kappa shape index (κ2) is 8.16. The Bertz CT molecular complexity index is 1550. The van der Waals surface area contributed by atoms with Crippen LogP contribution < -0.4 is 0 Å². The van der Waals surface area contributed by atoms with Gasteiger partial charge in [0, 0.05) is 10.9 Å². The van der Waals surface area contributed by atoms with Gasteiger partial charge < -0.3 is 0 Å². The maximum Gasteiger partial charge on any atom is 0.223 e. The van der Waals surface area contributed by atoms with Crippen LogP contribution in [-0.4, -0.2) is 9.97 Å². The lowest BCUT2D eigenvalue weighted by Crippen LogP contribution is -1.94. The quantitative estimate of drug-likeness (QED) is 0.203. The predicted molar refractivity (Wildman–Crippen MR) is 138 cm³/mol. The highest BCUT2D eigenvalue weighted by atomic mass is 35.5. The minimum atomic E-state index is 0.249. The zero-order chi connectivity index (χ0) is 22.2. The molecule has 1 heterocycles. The molecular formula is C30H19ClN2. The van der Waals surface area contributed by atoms with E-state index in [9.17, 15) is 0 Å². The largest absolute Gasteiger partial charge is 0.223 e. The molecule has 0 fully saturated rings. The summed E-state index contributed by atoms with van der Waals surface area (Å²) in [6.07, 6.45) is 0. The number of benzene rings is 5. The van der Waals surface area contributed by atoms with Gasteiger partial charge in [-0.2, -0.15) is 0 Å². The van der Waals surface area contributed by atoms with E-state index in [0.29, 0.717) is 0 Å². The molecule has 0 bridgehead atoms. The summed E-state index contributed by atoms with van der Waals surface area (Å²) in [6, 6.07) is 39.9. The topological polar surface area (TPSA) is 25.8 Å². The van der Waals surface area contributed by atoms with Crippen molar-refractivity contribution in [1.29, 1.82) is 0 Å². The van der Waals surface area contributed by atoms with Crippen molar-refractivity contribution in [2.45, 2.75) is 0 Å². The summed E-state index contributed by atoms with van der Waals surface area (Å²) in [5.74, 6) is 0. The standard InChI is InChI=1S/C30H19ClN2/c31-30-32-27-16-15-22-13-7-8-14-26(22)28(27)29(33-30)25-18-23(20-9-3-1-4-10-20)17-24(19-25)21-11-5-2-6-12-21/h1-19H. The molecular weight excluding hydrogens is 424 g/mol. The summed E-state index contributed by atoms with van der Waals surface area (Å²) in [5.41, 5.74) is 7.29. The number of aromatic nitrogens is 2. The van der Waals surface area contributed by atoms with Crippen LogP contribution in [0, 0.1) is 0 Å². The van der Waals surface area contributed by atoms with Crippen LogP contribution in [0.5, 0.6) is 0 Å². The predicted octanol–water partition coefficient (Wildman–Crippen LogP) is 8.44. The van der Waals surface area contributed by atoms with Crippen molar-refractivity contribution in [2.24, 2.45) is 0 Å².